The molecule has 1 N–H and O–H groups in total. The number of rotatable bonds is 9. The molecule has 194 valence electrons. The van der Waals surface area contributed by atoms with Crippen molar-refractivity contribution in [2.75, 3.05) is 19.5 Å². The van der Waals surface area contributed by atoms with Crippen LogP contribution < -0.4 is 19.5 Å². The number of methoxy groups -OCH3 is 2. The number of ether oxygens (including phenoxy) is 3. The topological polar surface area (TPSA) is 83.3 Å². The average Bonchev–Trinajstić information content (AvgIpc) is 3.47. The second kappa shape index (κ2) is 11.1. The zero-order valence-electron chi connectivity index (χ0n) is 21.6. The number of anilines is 1. The minimum atomic E-state index is 0.0439. The first kappa shape index (κ1) is 25.5. The number of benzene rings is 3. The van der Waals surface area contributed by atoms with Gasteiger partial charge in [0.25, 0.3) is 0 Å². The summed E-state index contributed by atoms with van der Waals surface area (Å²) in [4.78, 5) is 0. The summed E-state index contributed by atoms with van der Waals surface area (Å²) in [6.45, 7) is 4.57. The van der Waals surface area contributed by atoms with Gasteiger partial charge in [-0.25, -0.2) is 4.68 Å². The SMILES string of the molecule is COc1ccc(CNc2cnnc3cc(-c4cc(Br)c(OC(C)C)cc4-n4cccn4)ccc23)c(OC)c1. The van der Waals surface area contributed by atoms with Crippen LogP contribution in [0.25, 0.3) is 27.7 Å². The first-order valence-electron chi connectivity index (χ1n) is 12.2. The van der Waals surface area contributed by atoms with Crippen molar-refractivity contribution in [2.24, 2.45) is 0 Å². The normalized spacial score (nSPS) is 11.1. The molecule has 3 aromatic carbocycles. The fourth-order valence-electron chi connectivity index (χ4n) is 4.28. The predicted octanol–water partition coefficient (Wildman–Crippen LogP) is 6.66. The van der Waals surface area contributed by atoms with E-state index in [1.165, 1.54) is 0 Å². The van der Waals surface area contributed by atoms with Gasteiger partial charge in [0.05, 0.1) is 47.9 Å². The lowest BCUT2D eigenvalue weighted by Crippen LogP contribution is -2.07. The molecule has 0 saturated carbocycles. The van der Waals surface area contributed by atoms with Gasteiger partial charge in [-0.2, -0.15) is 15.3 Å². The highest BCUT2D eigenvalue weighted by Crippen LogP contribution is 2.38. The summed E-state index contributed by atoms with van der Waals surface area (Å²) in [5.41, 5.74) is 5.55. The Labute approximate surface area is 229 Å². The molecule has 8 nitrogen and oxygen atoms in total. The van der Waals surface area contributed by atoms with Gasteiger partial charge in [0.1, 0.15) is 17.2 Å². The summed E-state index contributed by atoms with van der Waals surface area (Å²) in [6, 6.07) is 17.9. The Hall–Kier alpha value is -4.11. The van der Waals surface area contributed by atoms with Crippen molar-refractivity contribution in [3.05, 3.63) is 83.2 Å². The van der Waals surface area contributed by atoms with Crippen LogP contribution in [0.4, 0.5) is 5.69 Å². The average molecular weight is 574 g/mol. The largest absolute Gasteiger partial charge is 0.497 e. The molecule has 5 rings (SSSR count). The third-order valence-corrected chi connectivity index (χ3v) is 6.70. The molecule has 0 saturated heterocycles. The van der Waals surface area contributed by atoms with Crippen LogP contribution in [-0.4, -0.2) is 40.3 Å². The van der Waals surface area contributed by atoms with Crippen LogP contribution in [0.3, 0.4) is 0 Å². The van der Waals surface area contributed by atoms with Crippen LogP contribution in [-0.2, 0) is 6.54 Å². The Morgan fingerprint density at radius 1 is 1.00 bits per heavy atom. The lowest BCUT2D eigenvalue weighted by molar-refractivity contribution is 0.241. The summed E-state index contributed by atoms with van der Waals surface area (Å²) >= 11 is 3.68. The number of nitrogens with one attached hydrogen (secondary N) is 1. The highest BCUT2D eigenvalue weighted by Gasteiger charge is 2.16. The van der Waals surface area contributed by atoms with Gasteiger partial charge in [-0.1, -0.05) is 6.07 Å². The van der Waals surface area contributed by atoms with Crippen LogP contribution in [0.1, 0.15) is 19.4 Å². The van der Waals surface area contributed by atoms with E-state index >= 15 is 0 Å². The first-order valence-corrected chi connectivity index (χ1v) is 13.0. The maximum atomic E-state index is 6.02. The highest BCUT2D eigenvalue weighted by atomic mass is 79.9. The van der Waals surface area contributed by atoms with E-state index in [0.717, 1.165) is 60.7 Å². The van der Waals surface area contributed by atoms with Crippen molar-refractivity contribution in [2.45, 2.75) is 26.5 Å². The Morgan fingerprint density at radius 3 is 2.61 bits per heavy atom. The molecule has 38 heavy (non-hydrogen) atoms. The van der Waals surface area contributed by atoms with Gasteiger partial charge in [-0.15, -0.1) is 0 Å². The molecule has 5 aromatic rings. The van der Waals surface area contributed by atoms with E-state index < -0.39 is 0 Å². The third kappa shape index (κ3) is 5.28. The van der Waals surface area contributed by atoms with Crippen molar-refractivity contribution in [3.63, 3.8) is 0 Å². The molecule has 0 unspecified atom stereocenters. The first-order chi connectivity index (χ1) is 18.5. The molecule has 0 aliphatic rings. The predicted molar refractivity (Wildman–Crippen MR) is 152 cm³/mol. The second-order valence-electron chi connectivity index (χ2n) is 8.94. The Kier molecular flexibility index (Phi) is 7.46. The molecule has 0 atom stereocenters. The molecule has 0 amide bonds. The molecule has 0 aliphatic carbocycles. The zero-order chi connectivity index (χ0) is 26.6. The minimum absolute atomic E-state index is 0.0439. The Morgan fingerprint density at radius 2 is 1.87 bits per heavy atom. The van der Waals surface area contributed by atoms with Gasteiger partial charge in [0, 0.05) is 47.6 Å². The molecule has 9 heteroatoms. The summed E-state index contributed by atoms with van der Waals surface area (Å²) < 4.78 is 19.6. The van der Waals surface area contributed by atoms with E-state index in [1.807, 2.05) is 61.1 Å². The van der Waals surface area contributed by atoms with Crippen molar-refractivity contribution in [3.8, 4) is 34.1 Å². The molecule has 2 heterocycles. The standard InChI is InChI=1S/C29H28BrN5O3/c1-18(2)38-29-15-27(35-11-5-10-33-35)23(14-24(29)30)19-7-9-22-25(12-19)34-32-17-26(22)31-16-20-6-8-21(36-3)13-28(20)37-4/h5-15,17-18H,16H2,1-4H3,(H,31,34). The lowest BCUT2D eigenvalue weighted by Gasteiger charge is -2.17. The van der Waals surface area contributed by atoms with Crippen LogP contribution in [0.15, 0.2) is 77.7 Å². The van der Waals surface area contributed by atoms with Gasteiger partial charge in [-0.3, -0.25) is 0 Å². The molecule has 0 aliphatic heterocycles. The third-order valence-electron chi connectivity index (χ3n) is 6.08. The van der Waals surface area contributed by atoms with E-state index in [2.05, 4.69) is 54.7 Å². The quantitative estimate of drug-likeness (QED) is 0.211. The van der Waals surface area contributed by atoms with Crippen LogP contribution in [0.2, 0.25) is 0 Å². The van der Waals surface area contributed by atoms with Gasteiger partial charge in [0.15, 0.2) is 0 Å². The molecule has 2 aromatic heterocycles. The molecule has 0 bridgehead atoms. The maximum Gasteiger partial charge on any atom is 0.136 e. The highest BCUT2D eigenvalue weighted by molar-refractivity contribution is 9.10. The fraction of sp³-hybridized carbons (Fsp3) is 0.207. The Bertz CT molecular complexity index is 1570. The van der Waals surface area contributed by atoms with E-state index in [0.29, 0.717) is 6.54 Å². The molecule has 0 fully saturated rings. The van der Waals surface area contributed by atoms with Crippen molar-refractivity contribution >= 4 is 32.5 Å². The monoisotopic (exact) mass is 573 g/mol. The second-order valence-corrected chi connectivity index (χ2v) is 9.79. The molecular formula is C29H28BrN5O3. The molecule has 0 radical (unpaired) electrons. The summed E-state index contributed by atoms with van der Waals surface area (Å²) in [6.07, 6.45) is 5.46. The number of fused-ring (bicyclic) bond motifs is 1. The summed E-state index contributed by atoms with van der Waals surface area (Å²) in [7, 11) is 3.29. The molecule has 0 spiro atoms. The lowest BCUT2D eigenvalue weighted by atomic mass is 10.0. The van der Waals surface area contributed by atoms with Crippen LogP contribution in [0, 0.1) is 0 Å². The number of hydrogen-bond donors (Lipinski definition) is 1. The summed E-state index contributed by atoms with van der Waals surface area (Å²) in [5, 5.41) is 17.6. The molecular weight excluding hydrogens is 546 g/mol. The number of aromatic nitrogens is 4. The summed E-state index contributed by atoms with van der Waals surface area (Å²) in [5.74, 6) is 2.27. The van der Waals surface area contributed by atoms with E-state index in [4.69, 9.17) is 14.2 Å². The van der Waals surface area contributed by atoms with Gasteiger partial charge in [-0.05, 0) is 71.7 Å². The van der Waals surface area contributed by atoms with Gasteiger partial charge < -0.3 is 19.5 Å². The number of hydrogen-bond acceptors (Lipinski definition) is 7. The zero-order valence-corrected chi connectivity index (χ0v) is 23.2. The smallest absolute Gasteiger partial charge is 0.136 e. The Balaban J connectivity index is 1.50. The van der Waals surface area contributed by atoms with Gasteiger partial charge >= 0.3 is 0 Å². The van der Waals surface area contributed by atoms with Crippen molar-refractivity contribution in [1.82, 2.24) is 20.0 Å². The fourth-order valence-corrected chi connectivity index (χ4v) is 4.71. The maximum absolute atomic E-state index is 6.02. The van der Waals surface area contributed by atoms with E-state index in [9.17, 15) is 0 Å². The van der Waals surface area contributed by atoms with Crippen LogP contribution >= 0.6 is 15.9 Å². The number of nitrogens with zero attached hydrogens (tertiary/aromatic N) is 4. The minimum Gasteiger partial charge on any atom is -0.497 e. The van der Waals surface area contributed by atoms with Crippen LogP contribution in [0.5, 0.6) is 17.2 Å². The van der Waals surface area contributed by atoms with Crippen molar-refractivity contribution in [1.29, 1.82) is 0 Å². The number of halogens is 1. The van der Waals surface area contributed by atoms with E-state index in [-0.39, 0.29) is 6.10 Å². The van der Waals surface area contributed by atoms with E-state index in [1.54, 1.807) is 26.6 Å². The van der Waals surface area contributed by atoms with Crippen molar-refractivity contribution < 1.29 is 14.2 Å². The van der Waals surface area contributed by atoms with Gasteiger partial charge in [0.2, 0.25) is 0 Å².